The van der Waals surface area contributed by atoms with E-state index >= 15 is 0 Å². The molecule has 11 nitrogen and oxygen atoms in total. The average Bonchev–Trinajstić information content (AvgIpc) is 2.83. The summed E-state index contributed by atoms with van der Waals surface area (Å²) in [6, 6.07) is 11.3. The van der Waals surface area contributed by atoms with Gasteiger partial charge in [-0.3, -0.25) is 4.79 Å². The summed E-state index contributed by atoms with van der Waals surface area (Å²) in [6.45, 7) is 7.03. The molecule has 190 valence electrons. The number of nitrogens with one attached hydrogen (secondary N) is 2. The van der Waals surface area contributed by atoms with Gasteiger partial charge >= 0.3 is 0 Å². The molecule has 0 aliphatic rings. The van der Waals surface area contributed by atoms with Crippen LogP contribution >= 0.6 is 11.8 Å². The van der Waals surface area contributed by atoms with Crippen LogP contribution in [-0.2, 0) is 14.8 Å². The minimum atomic E-state index is -3.93. The molecule has 13 heteroatoms. The fraction of sp³-hybridized carbons (Fsp3) is 0.250. The quantitative estimate of drug-likeness (QED) is 0.359. The number of pyridine rings is 1. The normalized spacial score (nSPS) is 11.9. The number of sulfonamides is 1. The number of nitrogen functional groups attached to an aromatic ring is 1. The van der Waals surface area contributed by atoms with E-state index < -0.39 is 21.2 Å². The molecule has 0 aliphatic heterocycles. The standard InChI is InChI=1S/C24H24N8O3S2/c1-13(2)20-18(11-25)21(27)31-23(19(20)12-26)36-15(4)22(33)30-16-5-7-17(8-6-16)37(34,35)32-24-28-10-9-14(3)29-24/h5-10,13,15H,1-4H3,(H2,27,31)(H,30,33)(H,28,29,32). The van der Waals surface area contributed by atoms with Crippen LogP contribution in [0.3, 0.4) is 0 Å². The van der Waals surface area contributed by atoms with Crippen molar-refractivity contribution in [3.8, 4) is 12.1 Å². The van der Waals surface area contributed by atoms with E-state index in [0.29, 0.717) is 16.9 Å². The Morgan fingerprint density at radius 1 is 1.05 bits per heavy atom. The Morgan fingerprint density at radius 3 is 2.27 bits per heavy atom. The van der Waals surface area contributed by atoms with Crippen LogP contribution in [0.4, 0.5) is 17.5 Å². The van der Waals surface area contributed by atoms with Crippen molar-refractivity contribution in [2.24, 2.45) is 0 Å². The van der Waals surface area contributed by atoms with Gasteiger partial charge in [0.25, 0.3) is 10.0 Å². The maximum atomic E-state index is 12.8. The number of nitriles is 2. The SMILES string of the molecule is Cc1ccnc(NS(=O)(=O)c2ccc(NC(=O)C(C)Sc3nc(N)c(C#N)c(C(C)C)c3C#N)cc2)n1. The van der Waals surface area contributed by atoms with Gasteiger partial charge in [-0.25, -0.2) is 28.1 Å². The number of nitrogens with two attached hydrogens (primary N) is 1. The molecule has 2 heterocycles. The van der Waals surface area contributed by atoms with Crippen molar-refractivity contribution >= 4 is 45.1 Å². The van der Waals surface area contributed by atoms with E-state index in [0.717, 1.165) is 11.8 Å². The van der Waals surface area contributed by atoms with Crippen molar-refractivity contribution in [2.45, 2.75) is 48.8 Å². The van der Waals surface area contributed by atoms with Crippen LogP contribution in [0, 0.1) is 29.6 Å². The Hall–Kier alpha value is -4.20. The molecule has 0 fully saturated rings. The largest absolute Gasteiger partial charge is 0.383 e. The lowest BCUT2D eigenvalue weighted by Gasteiger charge is -2.17. The smallest absolute Gasteiger partial charge is 0.264 e. The first kappa shape index (κ1) is 27.4. The number of aryl methyl sites for hydroxylation is 1. The first-order valence-corrected chi connectivity index (χ1v) is 13.4. The minimum Gasteiger partial charge on any atom is -0.383 e. The molecule has 2 aromatic heterocycles. The molecule has 37 heavy (non-hydrogen) atoms. The van der Waals surface area contributed by atoms with Crippen LogP contribution in [0.5, 0.6) is 0 Å². The number of hydrogen-bond donors (Lipinski definition) is 3. The number of rotatable bonds is 8. The number of nitrogens with zero attached hydrogens (tertiary/aromatic N) is 5. The first-order chi connectivity index (χ1) is 17.5. The predicted octanol–water partition coefficient (Wildman–Crippen LogP) is 3.55. The molecule has 1 amide bonds. The molecule has 4 N–H and O–H groups in total. The summed E-state index contributed by atoms with van der Waals surface area (Å²) in [4.78, 5) is 24.9. The second kappa shape index (κ2) is 11.2. The number of benzene rings is 1. The van der Waals surface area contributed by atoms with Crippen LogP contribution in [0.2, 0.25) is 0 Å². The molecular formula is C24H24N8O3S2. The highest BCUT2D eigenvalue weighted by Crippen LogP contribution is 2.34. The summed E-state index contributed by atoms with van der Waals surface area (Å²) in [5.41, 5.74) is 7.81. The maximum absolute atomic E-state index is 12.8. The topological polar surface area (TPSA) is 188 Å². The Balaban J connectivity index is 1.75. The highest BCUT2D eigenvalue weighted by atomic mass is 32.2. The summed E-state index contributed by atoms with van der Waals surface area (Å²) in [5.74, 6) is -0.592. The van der Waals surface area contributed by atoms with Gasteiger partial charge in [-0.15, -0.1) is 0 Å². The second-order valence-electron chi connectivity index (χ2n) is 8.25. The van der Waals surface area contributed by atoms with Crippen molar-refractivity contribution in [1.82, 2.24) is 15.0 Å². The number of amides is 1. The zero-order chi connectivity index (χ0) is 27.3. The lowest BCUT2D eigenvalue weighted by Crippen LogP contribution is -2.23. The van der Waals surface area contributed by atoms with E-state index in [1.165, 1.54) is 30.5 Å². The van der Waals surface area contributed by atoms with Crippen molar-refractivity contribution in [2.75, 3.05) is 15.8 Å². The van der Waals surface area contributed by atoms with Gasteiger partial charge in [0.05, 0.1) is 21.3 Å². The van der Waals surface area contributed by atoms with Crippen molar-refractivity contribution in [3.63, 3.8) is 0 Å². The van der Waals surface area contributed by atoms with Crippen molar-refractivity contribution in [3.05, 3.63) is 58.9 Å². The molecule has 0 bridgehead atoms. The molecule has 0 aliphatic carbocycles. The molecule has 3 aromatic rings. The molecule has 1 unspecified atom stereocenters. The van der Waals surface area contributed by atoms with Crippen LogP contribution in [0.15, 0.2) is 46.5 Å². The third-order valence-corrected chi connectivity index (χ3v) is 7.57. The fourth-order valence-corrected chi connectivity index (χ4v) is 5.22. The zero-order valence-electron chi connectivity index (χ0n) is 20.5. The minimum absolute atomic E-state index is 0.00165. The average molecular weight is 537 g/mol. The van der Waals surface area contributed by atoms with Crippen LogP contribution in [0.25, 0.3) is 0 Å². The molecule has 1 atom stereocenters. The van der Waals surface area contributed by atoms with Gasteiger partial charge < -0.3 is 11.1 Å². The molecular weight excluding hydrogens is 512 g/mol. The van der Waals surface area contributed by atoms with E-state index in [9.17, 15) is 23.7 Å². The number of thioether (sulfide) groups is 1. The van der Waals surface area contributed by atoms with Gasteiger partial charge in [0, 0.05) is 17.6 Å². The van der Waals surface area contributed by atoms with Gasteiger partial charge in [0.1, 0.15) is 23.0 Å². The predicted molar refractivity (Wildman–Crippen MR) is 140 cm³/mol. The van der Waals surface area contributed by atoms with E-state index in [1.54, 1.807) is 19.9 Å². The fourth-order valence-electron chi connectivity index (χ4n) is 3.35. The number of hydrogen-bond acceptors (Lipinski definition) is 10. The monoisotopic (exact) mass is 536 g/mol. The van der Waals surface area contributed by atoms with Crippen molar-refractivity contribution < 1.29 is 13.2 Å². The molecule has 0 spiro atoms. The third kappa shape index (κ3) is 6.33. The van der Waals surface area contributed by atoms with E-state index in [4.69, 9.17) is 5.73 Å². The molecule has 1 aromatic carbocycles. The Kier molecular flexibility index (Phi) is 8.32. The number of aromatic nitrogens is 3. The Bertz CT molecular complexity index is 1530. The summed E-state index contributed by atoms with van der Waals surface area (Å²) >= 11 is 1.04. The first-order valence-electron chi connectivity index (χ1n) is 11.0. The lowest BCUT2D eigenvalue weighted by atomic mass is 9.94. The highest BCUT2D eigenvalue weighted by molar-refractivity contribution is 8.00. The summed E-state index contributed by atoms with van der Waals surface area (Å²) < 4.78 is 27.6. The summed E-state index contributed by atoms with van der Waals surface area (Å²) in [5, 5.41) is 21.5. The van der Waals surface area contributed by atoms with E-state index in [2.05, 4.69) is 31.1 Å². The molecule has 0 radical (unpaired) electrons. The summed E-state index contributed by atoms with van der Waals surface area (Å²) in [7, 11) is -3.93. The van der Waals surface area contributed by atoms with Crippen molar-refractivity contribution in [1.29, 1.82) is 10.5 Å². The van der Waals surface area contributed by atoms with E-state index in [1.807, 2.05) is 19.9 Å². The number of anilines is 3. The number of carbonyl (C=O) groups excluding carboxylic acids is 1. The molecule has 0 saturated heterocycles. The van der Waals surface area contributed by atoms with Gasteiger partial charge in [0.2, 0.25) is 11.9 Å². The number of carbonyl (C=O) groups is 1. The summed E-state index contributed by atoms with van der Waals surface area (Å²) in [6.07, 6.45) is 1.45. The van der Waals surface area contributed by atoms with Crippen LogP contribution < -0.4 is 15.8 Å². The maximum Gasteiger partial charge on any atom is 0.264 e. The third-order valence-electron chi connectivity index (χ3n) is 5.14. The molecule has 3 rings (SSSR count). The van der Waals surface area contributed by atoms with E-state index in [-0.39, 0.29) is 38.7 Å². The van der Waals surface area contributed by atoms with Crippen LogP contribution in [-0.4, -0.2) is 34.5 Å². The molecule has 0 saturated carbocycles. The van der Waals surface area contributed by atoms with Gasteiger partial charge in [0.15, 0.2) is 0 Å². The van der Waals surface area contributed by atoms with Crippen LogP contribution in [0.1, 0.15) is 49.1 Å². The lowest BCUT2D eigenvalue weighted by molar-refractivity contribution is -0.115. The zero-order valence-corrected chi connectivity index (χ0v) is 22.1. The second-order valence-corrected chi connectivity index (χ2v) is 11.3. The van der Waals surface area contributed by atoms with Gasteiger partial charge in [-0.05, 0) is 55.7 Å². The van der Waals surface area contributed by atoms with Gasteiger partial charge in [-0.2, -0.15) is 10.5 Å². The Morgan fingerprint density at radius 2 is 1.70 bits per heavy atom. The van der Waals surface area contributed by atoms with Gasteiger partial charge in [-0.1, -0.05) is 25.6 Å². The Labute approximate surface area is 219 Å². The highest BCUT2D eigenvalue weighted by Gasteiger charge is 2.24.